The molecule has 150 valence electrons. The van der Waals surface area contributed by atoms with Gasteiger partial charge in [-0.2, -0.15) is 5.10 Å². The molecule has 1 N–H and O–H groups in total. The molecule has 3 aromatic rings. The standard InChI is InChI=1S/C21H22ClN5O2/c1-3-4-16-8-19(27(2)26-16)21(28)25-11-17-6-14-5-13(7-18(22)20(14)29-17)15-9-23-12-24-10-15/h5,7-10,12,17H,3-4,6,11H2,1-2H3,(H,25,28)/t17-/m0/s1. The molecule has 0 radical (unpaired) electrons. The number of halogens is 1. The van der Waals surface area contributed by atoms with E-state index in [4.69, 9.17) is 16.3 Å². The molecule has 7 nitrogen and oxygen atoms in total. The number of carbonyl (C=O) groups is 1. The van der Waals surface area contributed by atoms with Crippen LogP contribution in [-0.4, -0.2) is 38.3 Å². The van der Waals surface area contributed by atoms with Crippen LogP contribution in [0.15, 0.2) is 36.9 Å². The van der Waals surface area contributed by atoms with Crippen LogP contribution < -0.4 is 10.1 Å². The molecule has 1 aliphatic rings. The molecule has 1 atom stereocenters. The number of amides is 1. The number of rotatable bonds is 6. The highest BCUT2D eigenvalue weighted by atomic mass is 35.5. The van der Waals surface area contributed by atoms with Crippen LogP contribution in [0.4, 0.5) is 0 Å². The van der Waals surface area contributed by atoms with Crippen LogP contribution >= 0.6 is 11.6 Å². The Labute approximate surface area is 174 Å². The van der Waals surface area contributed by atoms with Gasteiger partial charge in [-0.25, -0.2) is 9.97 Å². The first-order valence-electron chi connectivity index (χ1n) is 9.60. The van der Waals surface area contributed by atoms with Crippen molar-refractivity contribution in [1.82, 2.24) is 25.1 Å². The average Bonchev–Trinajstić information content (AvgIpc) is 3.30. The molecule has 29 heavy (non-hydrogen) atoms. The van der Waals surface area contributed by atoms with Gasteiger partial charge in [0.15, 0.2) is 0 Å². The summed E-state index contributed by atoms with van der Waals surface area (Å²) in [7, 11) is 1.78. The zero-order valence-corrected chi connectivity index (χ0v) is 17.1. The fraction of sp³-hybridized carbons (Fsp3) is 0.333. The Bertz CT molecular complexity index is 1040. The molecule has 0 bridgehead atoms. The molecule has 0 spiro atoms. The van der Waals surface area contributed by atoms with E-state index in [1.807, 2.05) is 18.2 Å². The van der Waals surface area contributed by atoms with Gasteiger partial charge in [0.05, 0.1) is 17.3 Å². The lowest BCUT2D eigenvalue weighted by Gasteiger charge is -2.12. The van der Waals surface area contributed by atoms with Gasteiger partial charge in [-0.1, -0.05) is 24.9 Å². The maximum Gasteiger partial charge on any atom is 0.269 e. The molecule has 2 aromatic heterocycles. The zero-order chi connectivity index (χ0) is 20.4. The Hall–Kier alpha value is -2.93. The number of fused-ring (bicyclic) bond motifs is 1. The van der Waals surface area contributed by atoms with Crippen LogP contribution in [0.3, 0.4) is 0 Å². The minimum atomic E-state index is -0.169. The summed E-state index contributed by atoms with van der Waals surface area (Å²) in [6, 6.07) is 5.74. The Morgan fingerprint density at radius 1 is 1.28 bits per heavy atom. The predicted molar refractivity (Wildman–Crippen MR) is 110 cm³/mol. The van der Waals surface area contributed by atoms with Gasteiger partial charge >= 0.3 is 0 Å². The van der Waals surface area contributed by atoms with E-state index >= 15 is 0 Å². The van der Waals surface area contributed by atoms with Crippen molar-refractivity contribution < 1.29 is 9.53 Å². The third kappa shape index (κ3) is 4.10. The summed E-state index contributed by atoms with van der Waals surface area (Å²) in [5, 5.41) is 7.88. The number of hydrogen-bond donors (Lipinski definition) is 1. The third-order valence-electron chi connectivity index (χ3n) is 4.91. The average molecular weight is 412 g/mol. The lowest BCUT2D eigenvalue weighted by Crippen LogP contribution is -2.35. The highest BCUT2D eigenvalue weighted by Gasteiger charge is 2.27. The number of benzene rings is 1. The highest BCUT2D eigenvalue weighted by molar-refractivity contribution is 6.32. The first-order valence-corrected chi connectivity index (χ1v) is 9.98. The summed E-state index contributed by atoms with van der Waals surface area (Å²) in [5.41, 5.74) is 4.33. The van der Waals surface area contributed by atoms with Crippen molar-refractivity contribution in [2.24, 2.45) is 7.05 Å². The van der Waals surface area contributed by atoms with E-state index in [1.54, 1.807) is 24.1 Å². The quantitative estimate of drug-likeness (QED) is 0.673. The SMILES string of the molecule is CCCc1cc(C(=O)NC[C@@H]2Cc3cc(-c4cncnc4)cc(Cl)c3O2)n(C)n1. The smallest absolute Gasteiger partial charge is 0.269 e. The summed E-state index contributed by atoms with van der Waals surface area (Å²) < 4.78 is 7.61. The van der Waals surface area contributed by atoms with Crippen molar-refractivity contribution in [2.45, 2.75) is 32.3 Å². The predicted octanol–water partition coefficient (Wildman–Crippen LogP) is 3.22. The van der Waals surface area contributed by atoms with Crippen molar-refractivity contribution >= 4 is 17.5 Å². The second-order valence-electron chi connectivity index (χ2n) is 7.12. The van der Waals surface area contributed by atoms with E-state index in [9.17, 15) is 4.79 Å². The van der Waals surface area contributed by atoms with Crippen LogP contribution in [0.25, 0.3) is 11.1 Å². The minimum absolute atomic E-state index is 0.157. The monoisotopic (exact) mass is 411 g/mol. The number of hydrogen-bond acceptors (Lipinski definition) is 5. The van der Waals surface area contributed by atoms with Gasteiger partial charge in [0.2, 0.25) is 0 Å². The Kier molecular flexibility index (Phi) is 5.49. The number of aryl methyl sites for hydroxylation is 2. The Balaban J connectivity index is 1.42. The molecule has 1 amide bonds. The summed E-state index contributed by atoms with van der Waals surface area (Å²) in [5.74, 6) is 0.521. The second-order valence-corrected chi connectivity index (χ2v) is 7.53. The molecule has 0 saturated carbocycles. The molecular formula is C21H22ClN5O2. The fourth-order valence-electron chi connectivity index (χ4n) is 3.53. The lowest BCUT2D eigenvalue weighted by atomic mass is 10.0. The van der Waals surface area contributed by atoms with Crippen LogP contribution in [0, 0.1) is 0 Å². The van der Waals surface area contributed by atoms with Crippen LogP contribution in [0.2, 0.25) is 5.02 Å². The molecule has 0 fully saturated rings. The topological polar surface area (TPSA) is 81.9 Å². The van der Waals surface area contributed by atoms with Crippen molar-refractivity contribution in [3.05, 3.63) is 58.9 Å². The first kappa shape index (κ1) is 19.4. The van der Waals surface area contributed by atoms with Crippen LogP contribution in [0.5, 0.6) is 5.75 Å². The lowest BCUT2D eigenvalue weighted by molar-refractivity contribution is 0.0924. The van der Waals surface area contributed by atoms with E-state index in [0.29, 0.717) is 29.4 Å². The molecule has 0 saturated heterocycles. The number of carbonyl (C=O) groups excluding carboxylic acids is 1. The maximum absolute atomic E-state index is 12.6. The molecule has 3 heterocycles. The summed E-state index contributed by atoms with van der Waals surface area (Å²) in [6.07, 6.45) is 7.34. The highest BCUT2D eigenvalue weighted by Crippen LogP contribution is 2.39. The Morgan fingerprint density at radius 3 is 2.83 bits per heavy atom. The van der Waals surface area contributed by atoms with Crippen LogP contribution in [0.1, 0.15) is 35.1 Å². The van der Waals surface area contributed by atoms with E-state index in [1.165, 1.54) is 6.33 Å². The third-order valence-corrected chi connectivity index (χ3v) is 5.19. The van der Waals surface area contributed by atoms with Gasteiger partial charge in [0.25, 0.3) is 5.91 Å². The second kappa shape index (κ2) is 8.21. The van der Waals surface area contributed by atoms with Gasteiger partial charge in [-0.3, -0.25) is 9.48 Å². The van der Waals surface area contributed by atoms with Crippen LogP contribution in [-0.2, 0) is 19.9 Å². The summed E-state index contributed by atoms with van der Waals surface area (Å²) in [4.78, 5) is 20.7. The maximum atomic E-state index is 12.6. The summed E-state index contributed by atoms with van der Waals surface area (Å²) in [6.45, 7) is 2.48. The van der Waals surface area contributed by atoms with Gasteiger partial charge in [-0.15, -0.1) is 0 Å². The Morgan fingerprint density at radius 2 is 2.07 bits per heavy atom. The van der Waals surface area contributed by atoms with Gasteiger partial charge in [0.1, 0.15) is 23.9 Å². The number of aromatic nitrogens is 4. The number of nitrogens with zero attached hydrogens (tertiary/aromatic N) is 4. The largest absolute Gasteiger partial charge is 0.486 e. The molecule has 4 rings (SSSR count). The van der Waals surface area contributed by atoms with E-state index < -0.39 is 0 Å². The zero-order valence-electron chi connectivity index (χ0n) is 16.4. The normalized spacial score (nSPS) is 15.1. The van der Waals surface area contributed by atoms with E-state index in [-0.39, 0.29) is 12.0 Å². The molecule has 1 aromatic carbocycles. The molecule has 0 unspecified atom stereocenters. The van der Waals surface area contributed by atoms with Crippen molar-refractivity contribution in [3.8, 4) is 16.9 Å². The van der Waals surface area contributed by atoms with E-state index in [0.717, 1.165) is 35.2 Å². The van der Waals surface area contributed by atoms with E-state index in [2.05, 4.69) is 27.3 Å². The molecule has 1 aliphatic heterocycles. The molecule has 8 heteroatoms. The summed E-state index contributed by atoms with van der Waals surface area (Å²) >= 11 is 6.44. The van der Waals surface area contributed by atoms with Gasteiger partial charge < -0.3 is 10.1 Å². The first-order chi connectivity index (χ1) is 14.0. The molecular weight excluding hydrogens is 390 g/mol. The number of nitrogens with one attached hydrogen (secondary N) is 1. The van der Waals surface area contributed by atoms with Gasteiger partial charge in [0, 0.05) is 37.0 Å². The molecule has 0 aliphatic carbocycles. The minimum Gasteiger partial charge on any atom is -0.486 e. The van der Waals surface area contributed by atoms with Crippen molar-refractivity contribution in [3.63, 3.8) is 0 Å². The van der Waals surface area contributed by atoms with Gasteiger partial charge in [-0.05, 0) is 30.2 Å². The number of ether oxygens (including phenoxy) is 1. The van der Waals surface area contributed by atoms with Crippen molar-refractivity contribution in [2.75, 3.05) is 6.54 Å². The fourth-order valence-corrected chi connectivity index (χ4v) is 3.81. The van der Waals surface area contributed by atoms with Crippen molar-refractivity contribution in [1.29, 1.82) is 0 Å².